The lowest BCUT2D eigenvalue weighted by atomic mass is 10.2. The molecule has 2 nitrogen and oxygen atoms in total. The first kappa shape index (κ1) is 13.0. The number of carbonyl (C=O) groups is 1. The van der Waals surface area contributed by atoms with E-state index in [0.717, 1.165) is 18.1 Å². The molecule has 3 heteroatoms. The average Bonchev–Trinajstić information content (AvgIpc) is 2.24. The summed E-state index contributed by atoms with van der Waals surface area (Å²) < 4.78 is 0. The van der Waals surface area contributed by atoms with Crippen molar-refractivity contribution in [1.29, 1.82) is 0 Å². The van der Waals surface area contributed by atoms with Crippen LogP contribution in [0.15, 0.2) is 0 Å². The van der Waals surface area contributed by atoms with Gasteiger partial charge in [0.15, 0.2) is 0 Å². The van der Waals surface area contributed by atoms with E-state index in [1.807, 2.05) is 0 Å². The summed E-state index contributed by atoms with van der Waals surface area (Å²) in [6.45, 7) is 7.63. The van der Waals surface area contributed by atoms with Crippen LogP contribution < -0.4 is 0 Å². The zero-order chi connectivity index (χ0) is 11.1. The Morgan fingerprint density at radius 1 is 1.47 bits per heavy atom. The third-order valence-corrected chi connectivity index (χ3v) is 4.30. The summed E-state index contributed by atoms with van der Waals surface area (Å²) in [5, 5.41) is 0.839. The van der Waals surface area contributed by atoms with E-state index in [4.69, 9.17) is 0 Å². The van der Waals surface area contributed by atoms with E-state index in [2.05, 4.69) is 23.6 Å². The number of thioether (sulfide) groups is 1. The van der Waals surface area contributed by atoms with Crippen LogP contribution in [-0.2, 0) is 4.79 Å². The monoisotopic (exact) mass is 229 g/mol. The van der Waals surface area contributed by atoms with Gasteiger partial charge in [-0.2, -0.15) is 11.8 Å². The lowest BCUT2D eigenvalue weighted by Crippen LogP contribution is -2.38. The second kappa shape index (κ2) is 7.29. The fourth-order valence-corrected chi connectivity index (χ4v) is 3.19. The van der Waals surface area contributed by atoms with Crippen LogP contribution in [-0.4, -0.2) is 41.3 Å². The van der Waals surface area contributed by atoms with Crippen molar-refractivity contribution in [1.82, 2.24) is 4.90 Å². The number of Topliss-reactive ketones (excluding diaryl/α,β-unsaturated/α-hetero) is 1. The summed E-state index contributed by atoms with van der Waals surface area (Å²) in [5.41, 5.74) is 0. The molecule has 1 fully saturated rings. The minimum absolute atomic E-state index is 0.329. The molecule has 1 aliphatic heterocycles. The average molecular weight is 229 g/mol. The summed E-state index contributed by atoms with van der Waals surface area (Å²) in [4.78, 5) is 13.3. The molecule has 0 amide bonds. The number of hydrogen-bond donors (Lipinski definition) is 0. The highest BCUT2D eigenvalue weighted by atomic mass is 32.2. The van der Waals surface area contributed by atoms with Crippen LogP contribution >= 0.6 is 11.8 Å². The number of nitrogens with zero attached hydrogens (tertiary/aromatic N) is 1. The van der Waals surface area contributed by atoms with Crippen LogP contribution in [0.3, 0.4) is 0 Å². The third-order valence-electron chi connectivity index (χ3n) is 2.93. The molecule has 1 aliphatic rings. The summed E-state index contributed by atoms with van der Waals surface area (Å²) >= 11 is 2.12. The number of carbonyl (C=O) groups excluding carboxylic acids is 1. The molecular formula is C12H23NOS. The maximum atomic E-state index is 10.8. The smallest absolute Gasteiger partial charge is 0.129 e. The normalized spacial score (nSPS) is 22.9. The molecule has 0 aromatic carbocycles. The fraction of sp³-hybridized carbons (Fsp3) is 0.917. The summed E-state index contributed by atoms with van der Waals surface area (Å²) in [6, 6.07) is 0. The number of ketones is 1. The van der Waals surface area contributed by atoms with E-state index in [1.54, 1.807) is 6.92 Å². The van der Waals surface area contributed by atoms with E-state index >= 15 is 0 Å². The van der Waals surface area contributed by atoms with Crippen molar-refractivity contribution < 1.29 is 4.79 Å². The minimum atomic E-state index is 0.329. The Kier molecular flexibility index (Phi) is 6.34. The molecule has 1 saturated heterocycles. The van der Waals surface area contributed by atoms with Gasteiger partial charge in [0.05, 0.1) is 0 Å². The van der Waals surface area contributed by atoms with Gasteiger partial charge in [-0.1, -0.05) is 6.92 Å². The van der Waals surface area contributed by atoms with Crippen molar-refractivity contribution >= 4 is 17.5 Å². The molecule has 15 heavy (non-hydrogen) atoms. The molecule has 1 heterocycles. The molecule has 0 bridgehead atoms. The Morgan fingerprint density at radius 2 is 2.27 bits per heavy atom. The number of rotatable bonds is 6. The maximum absolute atomic E-state index is 10.8. The summed E-state index contributed by atoms with van der Waals surface area (Å²) in [6.07, 6.45) is 4.30. The SMILES string of the molecule is CCC1CN(CCCCC(C)=O)CCS1. The van der Waals surface area contributed by atoms with Crippen LogP contribution in [0.4, 0.5) is 0 Å². The first-order chi connectivity index (χ1) is 7.22. The molecule has 1 atom stereocenters. The maximum Gasteiger partial charge on any atom is 0.129 e. The Bertz CT molecular complexity index is 196. The number of hydrogen-bond acceptors (Lipinski definition) is 3. The van der Waals surface area contributed by atoms with E-state index in [0.29, 0.717) is 5.78 Å². The molecule has 1 rings (SSSR count). The Balaban J connectivity index is 2.07. The zero-order valence-corrected chi connectivity index (χ0v) is 10.8. The van der Waals surface area contributed by atoms with Crippen molar-refractivity contribution in [3.63, 3.8) is 0 Å². The van der Waals surface area contributed by atoms with E-state index in [1.165, 1.54) is 38.2 Å². The summed E-state index contributed by atoms with van der Waals surface area (Å²) in [5.74, 6) is 1.61. The molecule has 1 unspecified atom stereocenters. The van der Waals surface area contributed by atoms with Crippen LogP contribution in [0.5, 0.6) is 0 Å². The van der Waals surface area contributed by atoms with Gasteiger partial charge in [0, 0.05) is 30.5 Å². The molecule has 88 valence electrons. The van der Waals surface area contributed by atoms with Crippen molar-refractivity contribution in [3.8, 4) is 0 Å². The molecule has 0 saturated carbocycles. The van der Waals surface area contributed by atoms with Gasteiger partial charge in [0.25, 0.3) is 0 Å². The van der Waals surface area contributed by atoms with Crippen molar-refractivity contribution in [2.75, 3.05) is 25.4 Å². The van der Waals surface area contributed by atoms with Crippen LogP contribution in [0.2, 0.25) is 0 Å². The lowest BCUT2D eigenvalue weighted by Gasteiger charge is -2.31. The van der Waals surface area contributed by atoms with E-state index < -0.39 is 0 Å². The quantitative estimate of drug-likeness (QED) is 0.653. The van der Waals surface area contributed by atoms with E-state index in [-0.39, 0.29) is 0 Å². The largest absolute Gasteiger partial charge is 0.301 e. The Hall–Kier alpha value is -0.0200. The van der Waals surface area contributed by atoms with Gasteiger partial charge in [-0.25, -0.2) is 0 Å². The van der Waals surface area contributed by atoms with Crippen LogP contribution in [0, 0.1) is 0 Å². The van der Waals surface area contributed by atoms with Gasteiger partial charge in [0.2, 0.25) is 0 Å². The molecule has 0 aromatic rings. The third kappa shape index (κ3) is 5.57. The molecule has 0 N–H and O–H groups in total. The predicted molar refractivity (Wildman–Crippen MR) is 67.5 cm³/mol. The highest BCUT2D eigenvalue weighted by molar-refractivity contribution is 8.00. The Labute approximate surface area is 97.8 Å². The van der Waals surface area contributed by atoms with Gasteiger partial charge in [-0.05, 0) is 32.7 Å². The molecular weight excluding hydrogens is 206 g/mol. The zero-order valence-electron chi connectivity index (χ0n) is 10.00. The van der Waals surface area contributed by atoms with Gasteiger partial charge in [0.1, 0.15) is 5.78 Å². The van der Waals surface area contributed by atoms with Crippen molar-refractivity contribution in [2.45, 2.75) is 44.8 Å². The first-order valence-electron chi connectivity index (χ1n) is 6.05. The van der Waals surface area contributed by atoms with Crippen molar-refractivity contribution in [3.05, 3.63) is 0 Å². The summed E-state index contributed by atoms with van der Waals surface area (Å²) in [7, 11) is 0. The lowest BCUT2D eigenvalue weighted by molar-refractivity contribution is -0.117. The van der Waals surface area contributed by atoms with Gasteiger partial charge in [-0.15, -0.1) is 0 Å². The van der Waals surface area contributed by atoms with Crippen LogP contribution in [0.1, 0.15) is 39.5 Å². The predicted octanol–water partition coefficient (Wildman–Crippen LogP) is 2.57. The second-order valence-electron chi connectivity index (χ2n) is 4.36. The number of unbranched alkanes of at least 4 members (excludes halogenated alkanes) is 1. The highest BCUT2D eigenvalue weighted by Crippen LogP contribution is 2.21. The standard InChI is InChI=1S/C12H23NOS/c1-3-12-10-13(8-9-15-12)7-5-4-6-11(2)14/h12H,3-10H2,1-2H3. The van der Waals surface area contributed by atoms with E-state index in [9.17, 15) is 4.79 Å². The molecule has 0 spiro atoms. The molecule has 0 aromatic heterocycles. The molecule has 0 radical (unpaired) electrons. The first-order valence-corrected chi connectivity index (χ1v) is 7.10. The van der Waals surface area contributed by atoms with Crippen LogP contribution in [0.25, 0.3) is 0 Å². The van der Waals surface area contributed by atoms with Crippen molar-refractivity contribution in [2.24, 2.45) is 0 Å². The Morgan fingerprint density at radius 3 is 2.93 bits per heavy atom. The second-order valence-corrected chi connectivity index (χ2v) is 5.77. The van der Waals surface area contributed by atoms with Gasteiger partial charge >= 0.3 is 0 Å². The topological polar surface area (TPSA) is 20.3 Å². The fourth-order valence-electron chi connectivity index (χ4n) is 1.94. The molecule has 0 aliphatic carbocycles. The minimum Gasteiger partial charge on any atom is -0.301 e. The van der Waals surface area contributed by atoms with Gasteiger partial charge in [-0.3, -0.25) is 0 Å². The highest BCUT2D eigenvalue weighted by Gasteiger charge is 2.17. The van der Waals surface area contributed by atoms with Gasteiger partial charge < -0.3 is 9.69 Å².